The molecule has 24 heavy (non-hydrogen) atoms. The number of hydrogen-bond acceptors (Lipinski definition) is 5. The van der Waals surface area contributed by atoms with Crippen LogP contribution in [0.15, 0.2) is 47.4 Å². The van der Waals surface area contributed by atoms with Crippen LogP contribution in [0.5, 0.6) is 11.5 Å². The number of carbonyl (C=O) groups is 1. The highest BCUT2D eigenvalue weighted by molar-refractivity contribution is 7.90. The van der Waals surface area contributed by atoms with Gasteiger partial charge in [0.1, 0.15) is 0 Å². The second kappa shape index (κ2) is 7.35. The molecule has 0 aliphatic heterocycles. The summed E-state index contributed by atoms with van der Waals surface area (Å²) in [6.45, 7) is 0.289. The van der Waals surface area contributed by atoms with Crippen molar-refractivity contribution >= 4 is 15.7 Å². The molecule has 0 spiro atoms. The fraction of sp³-hybridized carbons (Fsp3) is 0.235. The van der Waals surface area contributed by atoms with Crippen molar-refractivity contribution in [3.8, 4) is 11.5 Å². The van der Waals surface area contributed by atoms with Crippen LogP contribution in [0.25, 0.3) is 0 Å². The highest BCUT2D eigenvalue weighted by Crippen LogP contribution is 2.27. The SMILES string of the molecule is COc1ccc(C(=O)NCc2ccc(S(C)(=O)=O)cc2)cc1OC. The first-order valence-electron chi connectivity index (χ1n) is 7.14. The maximum absolute atomic E-state index is 12.2. The minimum absolute atomic E-state index is 0.248. The first-order valence-corrected chi connectivity index (χ1v) is 9.03. The maximum Gasteiger partial charge on any atom is 0.251 e. The van der Waals surface area contributed by atoms with Gasteiger partial charge in [0.15, 0.2) is 21.3 Å². The maximum atomic E-state index is 12.2. The van der Waals surface area contributed by atoms with Crippen LogP contribution in [0.2, 0.25) is 0 Å². The molecule has 7 heteroatoms. The summed E-state index contributed by atoms with van der Waals surface area (Å²) in [6, 6.07) is 11.3. The fourth-order valence-corrected chi connectivity index (χ4v) is 2.75. The van der Waals surface area contributed by atoms with E-state index >= 15 is 0 Å². The number of benzene rings is 2. The van der Waals surface area contributed by atoms with Crippen LogP contribution in [-0.2, 0) is 16.4 Å². The average molecular weight is 349 g/mol. The number of nitrogens with one attached hydrogen (secondary N) is 1. The van der Waals surface area contributed by atoms with Crippen molar-refractivity contribution in [3.05, 3.63) is 53.6 Å². The molecule has 2 rings (SSSR count). The van der Waals surface area contributed by atoms with Gasteiger partial charge in [0.2, 0.25) is 0 Å². The molecular formula is C17H19NO5S. The third-order valence-corrected chi connectivity index (χ3v) is 4.58. The van der Waals surface area contributed by atoms with Crippen LogP contribution in [0.4, 0.5) is 0 Å². The summed E-state index contributed by atoms with van der Waals surface area (Å²) in [5.74, 6) is 0.760. The molecule has 0 aromatic heterocycles. The summed E-state index contributed by atoms with van der Waals surface area (Å²) in [5.41, 5.74) is 1.25. The number of ether oxygens (including phenoxy) is 2. The zero-order valence-corrected chi connectivity index (χ0v) is 14.5. The number of methoxy groups -OCH3 is 2. The third-order valence-electron chi connectivity index (χ3n) is 3.45. The molecule has 0 fully saturated rings. The van der Waals surface area contributed by atoms with Gasteiger partial charge in [-0.3, -0.25) is 4.79 Å². The lowest BCUT2D eigenvalue weighted by Crippen LogP contribution is -2.22. The summed E-state index contributed by atoms with van der Waals surface area (Å²) in [4.78, 5) is 12.5. The molecule has 0 heterocycles. The van der Waals surface area contributed by atoms with Gasteiger partial charge in [-0.05, 0) is 35.9 Å². The van der Waals surface area contributed by atoms with E-state index < -0.39 is 9.84 Å². The van der Waals surface area contributed by atoms with E-state index in [1.54, 1.807) is 30.3 Å². The van der Waals surface area contributed by atoms with Crippen molar-refractivity contribution in [2.45, 2.75) is 11.4 Å². The highest BCUT2D eigenvalue weighted by atomic mass is 32.2. The fourth-order valence-electron chi connectivity index (χ4n) is 2.12. The summed E-state index contributed by atoms with van der Waals surface area (Å²) in [6.07, 6.45) is 1.15. The van der Waals surface area contributed by atoms with E-state index in [0.717, 1.165) is 11.8 Å². The van der Waals surface area contributed by atoms with Crippen LogP contribution in [0.1, 0.15) is 15.9 Å². The Labute approximate surface area is 141 Å². The topological polar surface area (TPSA) is 81.7 Å². The Hall–Kier alpha value is -2.54. The van der Waals surface area contributed by atoms with Crippen LogP contribution >= 0.6 is 0 Å². The lowest BCUT2D eigenvalue weighted by atomic mass is 10.1. The first kappa shape index (κ1) is 17.8. The third kappa shape index (κ3) is 4.26. The zero-order chi connectivity index (χ0) is 17.7. The Bertz CT molecular complexity index is 829. The van der Waals surface area contributed by atoms with Crippen molar-refractivity contribution < 1.29 is 22.7 Å². The molecule has 0 aliphatic rings. The number of hydrogen-bond donors (Lipinski definition) is 1. The normalized spacial score (nSPS) is 11.0. The van der Waals surface area contributed by atoms with Gasteiger partial charge in [-0.25, -0.2) is 8.42 Å². The van der Waals surface area contributed by atoms with E-state index in [9.17, 15) is 13.2 Å². The molecule has 128 valence electrons. The summed E-state index contributed by atoms with van der Waals surface area (Å²) >= 11 is 0. The molecule has 0 bridgehead atoms. The van der Waals surface area contributed by atoms with Crippen LogP contribution in [-0.4, -0.2) is 34.8 Å². The molecule has 2 aromatic carbocycles. The molecule has 0 unspecified atom stereocenters. The van der Waals surface area contributed by atoms with Gasteiger partial charge in [-0.2, -0.15) is 0 Å². The molecule has 6 nitrogen and oxygen atoms in total. The van der Waals surface area contributed by atoms with Crippen LogP contribution in [0, 0.1) is 0 Å². The van der Waals surface area contributed by atoms with Gasteiger partial charge in [-0.1, -0.05) is 12.1 Å². The molecule has 0 saturated heterocycles. The quantitative estimate of drug-likeness (QED) is 0.863. The molecule has 2 aromatic rings. The van der Waals surface area contributed by atoms with Crippen molar-refractivity contribution in [2.75, 3.05) is 20.5 Å². The van der Waals surface area contributed by atoms with E-state index in [1.807, 2.05) is 0 Å². The van der Waals surface area contributed by atoms with Gasteiger partial charge >= 0.3 is 0 Å². The average Bonchev–Trinajstić information content (AvgIpc) is 2.58. The smallest absolute Gasteiger partial charge is 0.251 e. The Morgan fingerprint density at radius 1 is 1.00 bits per heavy atom. The largest absolute Gasteiger partial charge is 0.493 e. The summed E-state index contributed by atoms with van der Waals surface area (Å²) < 4.78 is 33.1. The predicted molar refractivity (Wildman–Crippen MR) is 90.3 cm³/mol. The van der Waals surface area contributed by atoms with E-state index in [4.69, 9.17) is 9.47 Å². The van der Waals surface area contributed by atoms with Crippen molar-refractivity contribution in [3.63, 3.8) is 0 Å². The number of amides is 1. The van der Waals surface area contributed by atoms with Crippen molar-refractivity contribution in [1.82, 2.24) is 5.32 Å². The Morgan fingerprint density at radius 2 is 1.62 bits per heavy atom. The Kier molecular flexibility index (Phi) is 5.46. The molecular weight excluding hydrogens is 330 g/mol. The second-order valence-corrected chi connectivity index (χ2v) is 7.18. The molecule has 0 aliphatic carbocycles. The Morgan fingerprint density at radius 3 is 2.17 bits per heavy atom. The minimum Gasteiger partial charge on any atom is -0.493 e. The van der Waals surface area contributed by atoms with E-state index in [1.165, 1.54) is 26.4 Å². The molecule has 1 N–H and O–H groups in total. The predicted octanol–water partition coefficient (Wildman–Crippen LogP) is 2.04. The van der Waals surface area contributed by atoms with Gasteiger partial charge < -0.3 is 14.8 Å². The zero-order valence-electron chi connectivity index (χ0n) is 13.7. The standard InChI is InChI=1S/C17H19NO5S/c1-22-15-9-6-13(10-16(15)23-2)17(19)18-11-12-4-7-14(8-5-12)24(3,20)21/h4-10H,11H2,1-3H3,(H,18,19). The second-order valence-electron chi connectivity index (χ2n) is 5.17. The molecule has 1 amide bonds. The molecule has 0 radical (unpaired) electrons. The monoisotopic (exact) mass is 349 g/mol. The molecule has 0 saturated carbocycles. The van der Waals surface area contributed by atoms with E-state index in [-0.39, 0.29) is 17.3 Å². The number of sulfone groups is 1. The highest BCUT2D eigenvalue weighted by Gasteiger charge is 2.11. The van der Waals surface area contributed by atoms with Crippen molar-refractivity contribution in [1.29, 1.82) is 0 Å². The van der Waals surface area contributed by atoms with Gasteiger partial charge in [0.05, 0.1) is 19.1 Å². The van der Waals surface area contributed by atoms with Crippen LogP contribution in [0.3, 0.4) is 0 Å². The minimum atomic E-state index is -3.22. The van der Waals surface area contributed by atoms with Gasteiger partial charge in [-0.15, -0.1) is 0 Å². The number of rotatable bonds is 6. The first-order chi connectivity index (χ1) is 11.3. The lowest BCUT2D eigenvalue weighted by molar-refractivity contribution is 0.0950. The van der Waals surface area contributed by atoms with Crippen LogP contribution < -0.4 is 14.8 Å². The number of carbonyl (C=O) groups excluding carboxylic acids is 1. The molecule has 0 atom stereocenters. The summed E-state index contributed by atoms with van der Waals surface area (Å²) in [5, 5.41) is 2.78. The van der Waals surface area contributed by atoms with Gasteiger partial charge in [0.25, 0.3) is 5.91 Å². The van der Waals surface area contributed by atoms with E-state index in [0.29, 0.717) is 17.1 Å². The Balaban J connectivity index is 2.05. The summed E-state index contributed by atoms with van der Waals surface area (Å²) in [7, 11) is -0.193. The van der Waals surface area contributed by atoms with E-state index in [2.05, 4.69) is 5.32 Å². The van der Waals surface area contributed by atoms with Gasteiger partial charge in [0, 0.05) is 18.4 Å². The lowest BCUT2D eigenvalue weighted by Gasteiger charge is -2.10. The van der Waals surface area contributed by atoms with Crippen molar-refractivity contribution in [2.24, 2.45) is 0 Å².